The number of likely N-dealkylation sites (tertiary alicyclic amines) is 1. The molecule has 2 aromatic rings. The van der Waals surface area contributed by atoms with Gasteiger partial charge < -0.3 is 4.90 Å². The normalized spacial score (nSPS) is 17.5. The van der Waals surface area contributed by atoms with E-state index >= 15 is 0 Å². The minimum Gasteiger partial charge on any atom is -0.317 e. The first-order valence-electron chi connectivity index (χ1n) is 8.22. The topological polar surface area (TPSA) is 63.1 Å². The van der Waals surface area contributed by atoms with Gasteiger partial charge in [-0.2, -0.15) is 4.98 Å². The Morgan fingerprint density at radius 1 is 1.33 bits per heavy atom. The van der Waals surface area contributed by atoms with Gasteiger partial charge >= 0.3 is 6.03 Å². The molecule has 2 heterocycles. The summed E-state index contributed by atoms with van der Waals surface area (Å²) in [4.78, 5) is 18.7. The summed E-state index contributed by atoms with van der Waals surface area (Å²) in [6.45, 7) is 6.55. The molecule has 1 aliphatic rings. The van der Waals surface area contributed by atoms with Crippen LogP contribution >= 0.6 is 0 Å². The highest BCUT2D eigenvalue weighted by Crippen LogP contribution is 2.32. The summed E-state index contributed by atoms with van der Waals surface area (Å²) in [5, 5.41) is 7.11. The molecule has 6 nitrogen and oxygen atoms in total. The summed E-state index contributed by atoms with van der Waals surface area (Å²) in [5.74, 6) is 0.805. The molecule has 1 aromatic heterocycles. The van der Waals surface area contributed by atoms with Gasteiger partial charge in [-0.1, -0.05) is 12.1 Å². The van der Waals surface area contributed by atoms with E-state index in [2.05, 4.69) is 15.4 Å². The molecule has 0 unspecified atom stereocenters. The Bertz CT molecular complexity index is 725. The number of carbonyl (C=O) groups is 1. The first kappa shape index (κ1) is 16.4. The Morgan fingerprint density at radius 3 is 2.67 bits per heavy atom. The van der Waals surface area contributed by atoms with E-state index in [-0.39, 0.29) is 23.9 Å². The molecular weight excluding hydrogens is 309 g/mol. The lowest BCUT2D eigenvalue weighted by Gasteiger charge is -2.24. The third-order valence-electron chi connectivity index (χ3n) is 4.28. The molecule has 0 spiro atoms. The fraction of sp³-hybridized carbons (Fsp3) is 0.471. The molecule has 1 atom stereocenters. The molecule has 7 heteroatoms. The molecule has 0 aliphatic carbocycles. The van der Waals surface area contributed by atoms with Crippen LogP contribution in [0.5, 0.6) is 0 Å². The van der Waals surface area contributed by atoms with E-state index in [0.717, 1.165) is 24.2 Å². The van der Waals surface area contributed by atoms with Gasteiger partial charge in [-0.15, -0.1) is 5.10 Å². The molecule has 1 N–H and O–H groups in total. The number of carbonyl (C=O) groups excluding carboxylic acids is 1. The van der Waals surface area contributed by atoms with Crippen LogP contribution in [-0.2, 0) is 0 Å². The summed E-state index contributed by atoms with van der Waals surface area (Å²) in [5.41, 5.74) is 0.945. The molecule has 24 heavy (non-hydrogen) atoms. The van der Waals surface area contributed by atoms with E-state index in [1.807, 2.05) is 20.8 Å². The van der Waals surface area contributed by atoms with Crippen molar-refractivity contribution in [3.05, 3.63) is 41.5 Å². The zero-order valence-corrected chi connectivity index (χ0v) is 14.2. The highest BCUT2D eigenvalue weighted by Gasteiger charge is 2.30. The largest absolute Gasteiger partial charge is 0.324 e. The fourth-order valence-electron chi connectivity index (χ4n) is 3.15. The van der Waals surface area contributed by atoms with Gasteiger partial charge in [0.2, 0.25) is 5.95 Å². The van der Waals surface area contributed by atoms with Crippen LogP contribution in [-0.4, -0.2) is 32.2 Å². The number of amides is 2. The molecule has 0 bridgehead atoms. The molecule has 128 valence electrons. The van der Waals surface area contributed by atoms with E-state index in [1.165, 1.54) is 12.1 Å². The number of halogens is 1. The summed E-state index contributed by atoms with van der Waals surface area (Å²) in [7, 11) is 0. The summed E-state index contributed by atoms with van der Waals surface area (Å²) >= 11 is 0. The van der Waals surface area contributed by atoms with Crippen molar-refractivity contribution < 1.29 is 9.18 Å². The molecule has 0 saturated carbocycles. The number of hydrogen-bond acceptors (Lipinski definition) is 3. The van der Waals surface area contributed by atoms with Crippen LogP contribution in [0.25, 0.3) is 0 Å². The number of urea groups is 1. The van der Waals surface area contributed by atoms with E-state index in [4.69, 9.17) is 0 Å². The lowest BCUT2D eigenvalue weighted by atomic mass is 10.0. The van der Waals surface area contributed by atoms with Gasteiger partial charge in [-0.05, 0) is 51.3 Å². The molecule has 0 radical (unpaired) electrons. The smallest absolute Gasteiger partial charge is 0.317 e. The Morgan fingerprint density at radius 2 is 2.04 bits per heavy atom. The number of aryl methyl sites for hydroxylation is 1. The second-order valence-corrected chi connectivity index (χ2v) is 6.35. The van der Waals surface area contributed by atoms with Crippen LogP contribution < -0.4 is 5.32 Å². The minimum absolute atomic E-state index is 0.0427. The number of nitrogens with one attached hydrogen (secondary N) is 1. The number of rotatable bonds is 3. The Labute approximate surface area is 140 Å². The second kappa shape index (κ2) is 6.59. The number of anilines is 1. The molecule has 1 fully saturated rings. The third kappa shape index (κ3) is 3.25. The monoisotopic (exact) mass is 331 g/mol. The average Bonchev–Trinajstić information content (AvgIpc) is 3.15. The van der Waals surface area contributed by atoms with E-state index in [9.17, 15) is 9.18 Å². The molecule has 2 amide bonds. The molecule has 1 aliphatic heterocycles. The summed E-state index contributed by atoms with van der Waals surface area (Å²) < 4.78 is 14.9. The highest BCUT2D eigenvalue weighted by molar-refractivity contribution is 5.88. The van der Waals surface area contributed by atoms with Crippen LogP contribution in [0.3, 0.4) is 0 Å². The van der Waals surface area contributed by atoms with Crippen molar-refractivity contribution >= 4 is 12.0 Å². The number of benzene rings is 1. The van der Waals surface area contributed by atoms with Crippen molar-refractivity contribution in [2.24, 2.45) is 0 Å². The minimum atomic E-state index is -0.272. The van der Waals surface area contributed by atoms with Crippen molar-refractivity contribution in [1.29, 1.82) is 0 Å². The zero-order valence-electron chi connectivity index (χ0n) is 14.2. The van der Waals surface area contributed by atoms with Gasteiger partial charge in [0, 0.05) is 12.6 Å². The van der Waals surface area contributed by atoms with Gasteiger partial charge in [0.15, 0.2) is 0 Å². The van der Waals surface area contributed by atoms with E-state index in [1.54, 1.807) is 21.7 Å². The maximum Gasteiger partial charge on any atom is 0.324 e. The van der Waals surface area contributed by atoms with Crippen LogP contribution in [0, 0.1) is 12.7 Å². The Balaban J connectivity index is 1.74. The van der Waals surface area contributed by atoms with Crippen LogP contribution in [0.1, 0.15) is 50.2 Å². The Hall–Kier alpha value is -2.44. The lowest BCUT2D eigenvalue weighted by molar-refractivity contribution is 0.207. The fourth-order valence-corrected chi connectivity index (χ4v) is 3.15. The van der Waals surface area contributed by atoms with Crippen molar-refractivity contribution in [3.63, 3.8) is 0 Å². The standard InChI is InChI=1S/C17H22FN5O/c1-11(2)23-12(3)19-16(21-23)20-17(24)22-10-4-5-15(22)13-6-8-14(18)9-7-13/h6-9,11,15H,4-5,10H2,1-3H3,(H,20,21,24)/t15-/m1/s1. The number of hydrogen-bond donors (Lipinski definition) is 1. The van der Waals surface area contributed by atoms with Gasteiger partial charge in [-0.3, -0.25) is 5.32 Å². The first-order chi connectivity index (χ1) is 11.5. The SMILES string of the molecule is Cc1nc(NC(=O)N2CCC[C@@H]2c2ccc(F)cc2)nn1C(C)C. The predicted octanol–water partition coefficient (Wildman–Crippen LogP) is 3.68. The third-order valence-corrected chi connectivity index (χ3v) is 4.28. The summed E-state index contributed by atoms with van der Waals surface area (Å²) in [6, 6.07) is 6.25. The maximum atomic E-state index is 13.1. The number of nitrogens with zero attached hydrogens (tertiary/aromatic N) is 4. The van der Waals surface area contributed by atoms with Crippen molar-refractivity contribution in [3.8, 4) is 0 Å². The molecule has 1 saturated heterocycles. The van der Waals surface area contributed by atoms with E-state index < -0.39 is 0 Å². The molecular formula is C17H22FN5O. The van der Waals surface area contributed by atoms with Crippen LogP contribution in [0.15, 0.2) is 24.3 Å². The summed E-state index contributed by atoms with van der Waals surface area (Å²) in [6.07, 6.45) is 1.79. The number of aromatic nitrogens is 3. The van der Waals surface area contributed by atoms with E-state index in [0.29, 0.717) is 12.5 Å². The average molecular weight is 331 g/mol. The van der Waals surface area contributed by atoms with Crippen molar-refractivity contribution in [2.75, 3.05) is 11.9 Å². The van der Waals surface area contributed by atoms with Crippen LogP contribution in [0.2, 0.25) is 0 Å². The van der Waals surface area contributed by atoms with Crippen molar-refractivity contribution in [1.82, 2.24) is 19.7 Å². The van der Waals surface area contributed by atoms with Gasteiger partial charge in [0.05, 0.1) is 6.04 Å². The van der Waals surface area contributed by atoms with Gasteiger partial charge in [0.25, 0.3) is 0 Å². The van der Waals surface area contributed by atoms with Crippen molar-refractivity contribution in [2.45, 2.75) is 45.7 Å². The van der Waals surface area contributed by atoms with Gasteiger partial charge in [-0.25, -0.2) is 13.9 Å². The molecule has 1 aromatic carbocycles. The predicted molar refractivity (Wildman–Crippen MR) is 89.2 cm³/mol. The van der Waals surface area contributed by atoms with Gasteiger partial charge in [0.1, 0.15) is 11.6 Å². The first-order valence-corrected chi connectivity index (χ1v) is 8.22. The zero-order chi connectivity index (χ0) is 17.3. The highest BCUT2D eigenvalue weighted by atomic mass is 19.1. The molecule has 3 rings (SSSR count). The lowest BCUT2D eigenvalue weighted by Crippen LogP contribution is -2.34. The maximum absolute atomic E-state index is 13.1. The second-order valence-electron chi connectivity index (χ2n) is 6.35. The quantitative estimate of drug-likeness (QED) is 0.933. The van der Waals surface area contributed by atoms with Crippen LogP contribution in [0.4, 0.5) is 15.1 Å². The Kier molecular flexibility index (Phi) is 4.51.